The Morgan fingerprint density at radius 1 is 1.19 bits per heavy atom. The number of nitrogens with zero attached hydrogens (tertiary/aromatic N) is 1. The number of anilines is 2. The van der Waals surface area contributed by atoms with Gasteiger partial charge in [0.1, 0.15) is 5.82 Å². The van der Waals surface area contributed by atoms with E-state index < -0.39 is 10.0 Å². The number of hydrogen-bond acceptors (Lipinski definition) is 4. The molecule has 0 saturated heterocycles. The standard InChI is InChI=1S/C15H19N3O2S/c1-2-3-4-12-5-7-13(8-6-12)18-21(19,20)14-9-10-17-15(16)11-14/h5-11,18H,2-4H2,1H3,(H2,16,17). The second kappa shape index (κ2) is 6.58. The van der Waals surface area contributed by atoms with Crippen LogP contribution in [0.3, 0.4) is 0 Å². The maximum Gasteiger partial charge on any atom is 0.262 e. The van der Waals surface area contributed by atoms with Crippen LogP contribution in [0.1, 0.15) is 25.3 Å². The lowest BCUT2D eigenvalue weighted by molar-refractivity contribution is 0.601. The van der Waals surface area contributed by atoms with Crippen molar-refractivity contribution < 1.29 is 8.42 Å². The third-order valence-corrected chi connectivity index (χ3v) is 4.47. The molecule has 2 rings (SSSR count). The van der Waals surface area contributed by atoms with Gasteiger partial charge < -0.3 is 5.73 Å². The molecule has 5 nitrogen and oxygen atoms in total. The molecule has 21 heavy (non-hydrogen) atoms. The third-order valence-electron chi connectivity index (χ3n) is 3.09. The van der Waals surface area contributed by atoms with Gasteiger partial charge in [-0.05, 0) is 36.6 Å². The summed E-state index contributed by atoms with van der Waals surface area (Å²) in [6.45, 7) is 2.14. The van der Waals surface area contributed by atoms with Crippen molar-refractivity contribution in [3.63, 3.8) is 0 Å². The fraction of sp³-hybridized carbons (Fsp3) is 0.267. The summed E-state index contributed by atoms with van der Waals surface area (Å²) in [5.74, 6) is 0.174. The smallest absolute Gasteiger partial charge is 0.262 e. The fourth-order valence-electron chi connectivity index (χ4n) is 1.93. The lowest BCUT2D eigenvalue weighted by Crippen LogP contribution is -2.13. The number of aryl methyl sites for hydroxylation is 1. The summed E-state index contributed by atoms with van der Waals surface area (Å²) >= 11 is 0. The van der Waals surface area contributed by atoms with Gasteiger partial charge in [0.2, 0.25) is 0 Å². The molecule has 0 aliphatic heterocycles. The van der Waals surface area contributed by atoms with Gasteiger partial charge in [-0.1, -0.05) is 25.5 Å². The minimum absolute atomic E-state index is 0.102. The van der Waals surface area contributed by atoms with Gasteiger partial charge in [-0.15, -0.1) is 0 Å². The van der Waals surface area contributed by atoms with E-state index in [0.717, 1.165) is 19.3 Å². The van der Waals surface area contributed by atoms with Gasteiger partial charge in [0.25, 0.3) is 10.0 Å². The van der Waals surface area contributed by atoms with Crippen molar-refractivity contribution in [2.45, 2.75) is 31.1 Å². The molecular formula is C15H19N3O2S. The summed E-state index contributed by atoms with van der Waals surface area (Å²) in [7, 11) is -3.64. The lowest BCUT2D eigenvalue weighted by atomic mass is 10.1. The Bertz CT molecular complexity index is 697. The monoisotopic (exact) mass is 305 g/mol. The number of benzene rings is 1. The number of nitrogens with two attached hydrogens (primary N) is 1. The predicted molar refractivity (Wildman–Crippen MR) is 84.5 cm³/mol. The molecule has 0 fully saturated rings. The fourth-order valence-corrected chi connectivity index (χ4v) is 3.01. The second-order valence-electron chi connectivity index (χ2n) is 4.82. The average Bonchev–Trinajstić information content (AvgIpc) is 2.46. The van der Waals surface area contributed by atoms with Crippen LogP contribution in [0.2, 0.25) is 0 Å². The topological polar surface area (TPSA) is 85.1 Å². The molecule has 0 radical (unpaired) electrons. The van der Waals surface area contributed by atoms with Crippen molar-refractivity contribution in [3.05, 3.63) is 48.2 Å². The zero-order valence-corrected chi connectivity index (χ0v) is 12.7. The van der Waals surface area contributed by atoms with Crippen LogP contribution in [-0.4, -0.2) is 13.4 Å². The first-order valence-corrected chi connectivity index (χ1v) is 8.33. The van der Waals surface area contributed by atoms with Crippen LogP contribution < -0.4 is 10.5 Å². The number of pyridine rings is 1. The summed E-state index contributed by atoms with van der Waals surface area (Å²) in [6, 6.07) is 10.2. The predicted octanol–water partition coefficient (Wildman–Crippen LogP) is 2.81. The highest BCUT2D eigenvalue weighted by Gasteiger charge is 2.14. The molecule has 6 heteroatoms. The molecule has 0 amide bonds. The highest BCUT2D eigenvalue weighted by molar-refractivity contribution is 7.92. The van der Waals surface area contributed by atoms with Crippen LogP contribution in [0.5, 0.6) is 0 Å². The van der Waals surface area contributed by atoms with Crippen molar-refractivity contribution in [3.8, 4) is 0 Å². The molecule has 0 unspecified atom stereocenters. The second-order valence-corrected chi connectivity index (χ2v) is 6.50. The van der Waals surface area contributed by atoms with E-state index in [1.54, 1.807) is 12.1 Å². The Morgan fingerprint density at radius 2 is 1.90 bits per heavy atom. The maximum atomic E-state index is 12.2. The van der Waals surface area contributed by atoms with Gasteiger partial charge >= 0.3 is 0 Å². The number of aromatic nitrogens is 1. The Hall–Kier alpha value is -2.08. The molecule has 0 saturated carbocycles. The molecule has 112 valence electrons. The van der Waals surface area contributed by atoms with Crippen molar-refractivity contribution in [1.29, 1.82) is 0 Å². The van der Waals surface area contributed by atoms with E-state index in [9.17, 15) is 8.42 Å². The van der Waals surface area contributed by atoms with Crippen LogP contribution in [0, 0.1) is 0 Å². The minimum atomic E-state index is -3.64. The first-order chi connectivity index (χ1) is 10.0. The SMILES string of the molecule is CCCCc1ccc(NS(=O)(=O)c2ccnc(N)c2)cc1. The number of nitrogen functional groups attached to an aromatic ring is 1. The first kappa shape index (κ1) is 15.3. The van der Waals surface area contributed by atoms with Crippen molar-refractivity contribution in [2.24, 2.45) is 0 Å². The van der Waals surface area contributed by atoms with Gasteiger partial charge in [0.05, 0.1) is 4.90 Å². The minimum Gasteiger partial charge on any atom is -0.384 e. The maximum absolute atomic E-state index is 12.2. The number of hydrogen-bond donors (Lipinski definition) is 2. The van der Waals surface area contributed by atoms with Gasteiger partial charge in [-0.3, -0.25) is 4.72 Å². The molecule has 2 aromatic rings. The summed E-state index contributed by atoms with van der Waals surface area (Å²) in [5, 5.41) is 0. The molecule has 1 heterocycles. The molecule has 0 bridgehead atoms. The van der Waals surface area contributed by atoms with E-state index in [0.29, 0.717) is 5.69 Å². The first-order valence-electron chi connectivity index (χ1n) is 6.84. The summed E-state index contributed by atoms with van der Waals surface area (Å²) < 4.78 is 27.0. The Balaban J connectivity index is 2.13. The third kappa shape index (κ3) is 4.19. The van der Waals surface area contributed by atoms with Crippen molar-refractivity contribution in [2.75, 3.05) is 10.5 Å². The van der Waals surface area contributed by atoms with Crippen molar-refractivity contribution >= 4 is 21.5 Å². The largest absolute Gasteiger partial charge is 0.384 e. The van der Waals surface area contributed by atoms with Crippen LogP contribution in [-0.2, 0) is 16.4 Å². The Morgan fingerprint density at radius 3 is 2.52 bits per heavy atom. The van der Waals surface area contributed by atoms with Crippen LogP contribution in [0.4, 0.5) is 11.5 Å². The van der Waals surface area contributed by atoms with Crippen molar-refractivity contribution in [1.82, 2.24) is 4.98 Å². The summed E-state index contributed by atoms with van der Waals surface area (Å²) in [4.78, 5) is 3.89. The zero-order valence-electron chi connectivity index (χ0n) is 11.9. The normalized spacial score (nSPS) is 11.3. The number of sulfonamides is 1. The van der Waals surface area contributed by atoms with Crippen LogP contribution in [0.15, 0.2) is 47.5 Å². The van der Waals surface area contributed by atoms with Gasteiger partial charge in [-0.2, -0.15) is 0 Å². The molecule has 0 atom stereocenters. The molecule has 0 aliphatic rings. The lowest BCUT2D eigenvalue weighted by Gasteiger charge is -2.09. The van der Waals surface area contributed by atoms with E-state index in [4.69, 9.17) is 5.73 Å². The Kier molecular flexibility index (Phi) is 4.80. The molecular weight excluding hydrogens is 286 g/mol. The number of nitrogens with one attached hydrogen (secondary N) is 1. The number of rotatable bonds is 6. The van der Waals surface area contributed by atoms with E-state index in [1.807, 2.05) is 12.1 Å². The molecule has 1 aromatic heterocycles. The zero-order chi connectivity index (χ0) is 15.3. The molecule has 3 N–H and O–H groups in total. The summed E-state index contributed by atoms with van der Waals surface area (Å²) in [5.41, 5.74) is 7.25. The molecule has 0 aliphatic carbocycles. The van der Waals surface area contributed by atoms with E-state index in [1.165, 1.54) is 23.9 Å². The highest BCUT2D eigenvalue weighted by Crippen LogP contribution is 2.18. The van der Waals surface area contributed by atoms with Crippen LogP contribution in [0.25, 0.3) is 0 Å². The number of unbranched alkanes of at least 4 members (excludes halogenated alkanes) is 1. The van der Waals surface area contributed by atoms with E-state index in [2.05, 4.69) is 16.6 Å². The van der Waals surface area contributed by atoms with E-state index >= 15 is 0 Å². The summed E-state index contributed by atoms with van der Waals surface area (Å²) in [6.07, 6.45) is 4.64. The van der Waals surface area contributed by atoms with Crippen LogP contribution >= 0.6 is 0 Å². The van der Waals surface area contributed by atoms with Gasteiger partial charge in [-0.25, -0.2) is 13.4 Å². The average molecular weight is 305 g/mol. The van der Waals surface area contributed by atoms with E-state index in [-0.39, 0.29) is 10.7 Å². The molecule has 1 aromatic carbocycles. The molecule has 0 spiro atoms. The van der Waals surface area contributed by atoms with Gasteiger partial charge in [0, 0.05) is 18.0 Å². The quantitative estimate of drug-likeness (QED) is 0.859. The Labute approximate surface area is 125 Å². The highest BCUT2D eigenvalue weighted by atomic mass is 32.2. The van der Waals surface area contributed by atoms with Gasteiger partial charge in [0.15, 0.2) is 0 Å².